The van der Waals surface area contributed by atoms with Crippen molar-refractivity contribution >= 4 is 13.7 Å². The molecule has 0 aliphatic rings. The van der Waals surface area contributed by atoms with Crippen molar-refractivity contribution in [1.82, 2.24) is 5.32 Å². The molecule has 0 aliphatic carbocycles. The van der Waals surface area contributed by atoms with Crippen LogP contribution in [-0.2, 0) is 18.4 Å². The fourth-order valence-electron chi connectivity index (χ4n) is 8.42. The first-order chi connectivity index (χ1) is 35.0. The number of nitrogens with one attached hydrogen (secondary N) is 1. The molecule has 8 nitrogen and oxygen atoms in total. The van der Waals surface area contributed by atoms with Crippen LogP contribution in [0.15, 0.2) is 85.1 Å². The van der Waals surface area contributed by atoms with E-state index < -0.39 is 20.0 Å². The number of phosphoric acid groups is 1. The van der Waals surface area contributed by atoms with Crippen LogP contribution in [0.5, 0.6) is 0 Å². The topological polar surface area (TPSA) is 105 Å². The molecule has 0 spiro atoms. The Hall–Kier alpha value is -2.32. The molecule has 3 atom stereocenters. The highest BCUT2D eigenvalue weighted by Gasteiger charge is 2.27. The van der Waals surface area contributed by atoms with Gasteiger partial charge in [-0.15, -0.1) is 0 Å². The summed E-state index contributed by atoms with van der Waals surface area (Å²) >= 11 is 0. The fourth-order valence-corrected chi connectivity index (χ4v) is 9.15. The minimum Gasteiger partial charge on any atom is -0.387 e. The first kappa shape index (κ1) is 69.7. The number of hydrogen-bond donors (Lipinski definition) is 3. The number of quaternary nitrogens is 1. The quantitative estimate of drug-likeness (QED) is 0.0243. The average Bonchev–Trinajstić information content (AvgIpc) is 3.34. The van der Waals surface area contributed by atoms with E-state index >= 15 is 0 Å². The van der Waals surface area contributed by atoms with Gasteiger partial charge in [-0.2, -0.15) is 0 Å². The molecule has 0 aliphatic heterocycles. The van der Waals surface area contributed by atoms with E-state index in [2.05, 4.69) is 92.1 Å². The molecule has 72 heavy (non-hydrogen) atoms. The number of carbonyl (C=O) groups is 1. The second-order valence-electron chi connectivity index (χ2n) is 21.3. The van der Waals surface area contributed by atoms with Crippen LogP contribution in [0.4, 0.5) is 0 Å². The van der Waals surface area contributed by atoms with Gasteiger partial charge in [-0.05, 0) is 83.5 Å². The lowest BCUT2D eigenvalue weighted by Crippen LogP contribution is -2.45. The molecule has 3 unspecified atom stereocenters. The maximum atomic E-state index is 13.0. The minimum absolute atomic E-state index is 0.0519. The van der Waals surface area contributed by atoms with E-state index in [0.717, 1.165) is 70.6 Å². The second kappa shape index (κ2) is 53.5. The van der Waals surface area contributed by atoms with Gasteiger partial charge >= 0.3 is 7.82 Å². The van der Waals surface area contributed by atoms with Gasteiger partial charge < -0.3 is 19.8 Å². The van der Waals surface area contributed by atoms with Crippen molar-refractivity contribution in [2.24, 2.45) is 0 Å². The highest BCUT2D eigenvalue weighted by atomic mass is 31.2. The number of unbranched alkanes of at least 4 members (excludes halogenated alkanes) is 29. The van der Waals surface area contributed by atoms with E-state index in [4.69, 9.17) is 9.05 Å². The smallest absolute Gasteiger partial charge is 0.387 e. The second-order valence-corrected chi connectivity index (χ2v) is 22.8. The Morgan fingerprint density at radius 1 is 0.486 bits per heavy atom. The Kier molecular flexibility index (Phi) is 51.8. The molecule has 0 aromatic carbocycles. The van der Waals surface area contributed by atoms with Gasteiger partial charge in [-0.3, -0.25) is 13.8 Å². The lowest BCUT2D eigenvalue weighted by atomic mass is 10.0. The maximum absolute atomic E-state index is 13.0. The van der Waals surface area contributed by atoms with Gasteiger partial charge in [0.05, 0.1) is 39.9 Å². The van der Waals surface area contributed by atoms with Crippen molar-refractivity contribution in [3.8, 4) is 0 Å². The first-order valence-corrected chi connectivity index (χ1v) is 31.5. The number of amides is 1. The summed E-state index contributed by atoms with van der Waals surface area (Å²) in [6.07, 6.45) is 75.6. The molecule has 0 fully saturated rings. The summed E-state index contributed by atoms with van der Waals surface area (Å²) in [5.41, 5.74) is 0. The maximum Gasteiger partial charge on any atom is 0.472 e. The molecule has 0 saturated carbocycles. The van der Waals surface area contributed by atoms with Crippen molar-refractivity contribution in [3.63, 3.8) is 0 Å². The number of aliphatic hydroxyl groups excluding tert-OH is 1. The first-order valence-electron chi connectivity index (χ1n) is 30.0. The van der Waals surface area contributed by atoms with Gasteiger partial charge in [0.15, 0.2) is 0 Å². The van der Waals surface area contributed by atoms with Crippen molar-refractivity contribution < 1.29 is 32.9 Å². The third-order valence-electron chi connectivity index (χ3n) is 13.1. The van der Waals surface area contributed by atoms with Crippen LogP contribution in [0.2, 0.25) is 0 Å². The van der Waals surface area contributed by atoms with Crippen LogP contribution < -0.4 is 5.32 Å². The molecular formula is C63H116N2O6P+. The lowest BCUT2D eigenvalue weighted by molar-refractivity contribution is -0.870. The van der Waals surface area contributed by atoms with Crippen LogP contribution in [0.25, 0.3) is 0 Å². The molecule has 0 radical (unpaired) electrons. The van der Waals surface area contributed by atoms with E-state index in [1.807, 2.05) is 27.2 Å². The Morgan fingerprint density at radius 3 is 1.28 bits per heavy atom. The monoisotopic (exact) mass is 1030 g/mol. The highest BCUT2D eigenvalue weighted by Crippen LogP contribution is 2.43. The number of allylic oxidation sites excluding steroid dienone is 13. The molecule has 0 aromatic heterocycles. The lowest BCUT2D eigenvalue weighted by Gasteiger charge is -2.25. The molecule has 0 heterocycles. The Labute approximate surface area is 446 Å². The van der Waals surface area contributed by atoms with Gasteiger partial charge in [0, 0.05) is 6.42 Å². The van der Waals surface area contributed by atoms with Crippen molar-refractivity contribution in [3.05, 3.63) is 85.1 Å². The normalized spacial score (nSPS) is 14.5. The van der Waals surface area contributed by atoms with Gasteiger partial charge in [0.25, 0.3) is 0 Å². The zero-order chi connectivity index (χ0) is 52.7. The van der Waals surface area contributed by atoms with Crippen molar-refractivity contribution in [2.75, 3.05) is 40.9 Å². The molecule has 3 N–H and O–H groups in total. The predicted molar refractivity (Wildman–Crippen MR) is 313 cm³/mol. The number of carbonyl (C=O) groups excluding carboxylic acids is 1. The third kappa shape index (κ3) is 55.4. The van der Waals surface area contributed by atoms with E-state index in [9.17, 15) is 19.4 Å². The number of rotatable bonds is 54. The molecule has 0 bridgehead atoms. The molecule has 9 heteroatoms. The van der Waals surface area contributed by atoms with Gasteiger partial charge in [0.2, 0.25) is 5.91 Å². The molecule has 0 rings (SSSR count). The minimum atomic E-state index is -4.36. The van der Waals surface area contributed by atoms with E-state index in [1.54, 1.807) is 6.08 Å². The molecule has 0 aromatic rings. The van der Waals surface area contributed by atoms with Crippen molar-refractivity contribution in [2.45, 2.75) is 270 Å². The summed E-state index contributed by atoms with van der Waals surface area (Å²) in [5, 5.41) is 13.9. The number of nitrogens with zero attached hydrogens (tertiary/aromatic N) is 1. The van der Waals surface area contributed by atoms with Crippen LogP contribution in [0, 0.1) is 0 Å². The van der Waals surface area contributed by atoms with Crippen molar-refractivity contribution in [1.29, 1.82) is 0 Å². The number of hydrogen-bond acceptors (Lipinski definition) is 5. The summed E-state index contributed by atoms with van der Waals surface area (Å²) in [7, 11) is 1.55. The van der Waals surface area contributed by atoms with Crippen LogP contribution >= 0.6 is 7.82 Å². The van der Waals surface area contributed by atoms with Crippen LogP contribution in [-0.4, -0.2) is 73.4 Å². The Morgan fingerprint density at radius 2 is 0.847 bits per heavy atom. The average molecular weight is 1030 g/mol. The molecule has 1 amide bonds. The zero-order valence-corrected chi connectivity index (χ0v) is 48.5. The molecule has 0 saturated heterocycles. The van der Waals surface area contributed by atoms with Crippen LogP contribution in [0.3, 0.4) is 0 Å². The largest absolute Gasteiger partial charge is 0.472 e. The number of aliphatic hydroxyl groups is 1. The third-order valence-corrected chi connectivity index (χ3v) is 14.1. The Balaban J connectivity index is 4.10. The SMILES string of the molecule is CC/C=C\C/C=C\C/C=C\C/C=C\CCCCCCCCCCCCCCCCCCCCCCC(=O)NC(COP(=O)(O)OCC[N+](C)(C)C)C(O)/C=C/CC/C=C/CC/C=C/CCCCCCCCC. The number of phosphoric ester groups is 1. The summed E-state index contributed by atoms with van der Waals surface area (Å²) in [5.74, 6) is -0.190. The molecular weight excluding hydrogens is 912 g/mol. The Bertz CT molecular complexity index is 1450. The fraction of sp³-hybridized carbons (Fsp3) is 0.762. The van der Waals surface area contributed by atoms with E-state index in [-0.39, 0.29) is 19.1 Å². The highest BCUT2D eigenvalue weighted by molar-refractivity contribution is 7.47. The summed E-state index contributed by atoms with van der Waals surface area (Å²) in [4.78, 5) is 23.3. The van der Waals surface area contributed by atoms with E-state index in [0.29, 0.717) is 17.4 Å². The number of likely N-dealkylation sites (N-methyl/N-ethyl adjacent to an activating group) is 1. The van der Waals surface area contributed by atoms with Gasteiger partial charge in [-0.1, -0.05) is 253 Å². The standard InChI is InChI=1S/C63H115N2O6P/c1-6-8-10-12-14-16-18-20-22-24-25-26-27-28-29-30-31-32-33-34-35-36-37-38-39-41-43-45-47-49-51-53-55-57-63(67)64-61(60-71-72(68,69)70-59-58-65(3,4)5)62(66)56-54-52-50-48-46-44-42-40-23-21-19-17-15-13-11-9-7-2/h8,10,14,16,20,22-23,25-26,40,46,48,54,56,61-62,66H,6-7,9,11-13,15,17-19,21,24,27-39,41-45,47,49-53,55,57-60H2,1-5H3,(H-,64,67,68,69)/p+1/b10-8-,16-14-,22-20-,26-25-,40-23+,48-46+,56-54+. The van der Waals surface area contributed by atoms with E-state index in [1.165, 1.54) is 167 Å². The summed E-state index contributed by atoms with van der Waals surface area (Å²) in [6, 6.07) is -0.872. The molecule has 418 valence electrons. The van der Waals surface area contributed by atoms with Gasteiger partial charge in [0.1, 0.15) is 13.2 Å². The van der Waals surface area contributed by atoms with Crippen LogP contribution in [0.1, 0.15) is 258 Å². The summed E-state index contributed by atoms with van der Waals surface area (Å²) in [6.45, 7) is 4.68. The summed E-state index contributed by atoms with van der Waals surface area (Å²) < 4.78 is 23.7. The predicted octanol–water partition coefficient (Wildman–Crippen LogP) is 18.4. The zero-order valence-electron chi connectivity index (χ0n) is 47.7. The van der Waals surface area contributed by atoms with Gasteiger partial charge in [-0.25, -0.2) is 4.57 Å².